The van der Waals surface area contributed by atoms with Crippen LogP contribution in [0.25, 0.3) is 5.57 Å². The molecule has 3 aromatic rings. The van der Waals surface area contributed by atoms with Crippen molar-refractivity contribution >= 4 is 28.8 Å². The Kier molecular flexibility index (Phi) is 4.20. The number of hydrogen-bond acceptors (Lipinski definition) is 3. The maximum absolute atomic E-state index is 14.5. The number of benzene rings is 3. The van der Waals surface area contributed by atoms with E-state index in [-0.39, 0.29) is 17.0 Å². The highest BCUT2D eigenvalue weighted by atomic mass is 19.1. The highest BCUT2D eigenvalue weighted by Crippen LogP contribution is 2.40. The number of anilines is 2. The summed E-state index contributed by atoms with van der Waals surface area (Å²) < 4.78 is 28.0. The van der Waals surface area contributed by atoms with Crippen molar-refractivity contribution in [2.75, 3.05) is 16.3 Å². The van der Waals surface area contributed by atoms with Gasteiger partial charge in [0.15, 0.2) is 0 Å². The summed E-state index contributed by atoms with van der Waals surface area (Å²) >= 11 is 0. The van der Waals surface area contributed by atoms with Crippen LogP contribution in [0.4, 0.5) is 20.2 Å². The molecule has 0 saturated heterocycles. The van der Waals surface area contributed by atoms with Crippen molar-refractivity contribution in [2.24, 2.45) is 0 Å². The minimum atomic E-state index is -0.666. The standard InChI is InChI=1S/C24H16F2N2O2/c25-17-11-9-16(10-12-17)21-22(27-14-13-15-5-1-3-7-19(15)27)24(30)28(23(21)29)20-8-4-2-6-18(20)26/h1-12H,13-14H2. The van der Waals surface area contributed by atoms with Gasteiger partial charge in [0.2, 0.25) is 0 Å². The van der Waals surface area contributed by atoms with Gasteiger partial charge in [-0.3, -0.25) is 9.59 Å². The smallest absolute Gasteiger partial charge is 0.282 e. The van der Waals surface area contributed by atoms with E-state index in [0.29, 0.717) is 12.1 Å². The van der Waals surface area contributed by atoms with Crippen LogP contribution in [0.5, 0.6) is 0 Å². The van der Waals surface area contributed by atoms with Gasteiger partial charge in [-0.1, -0.05) is 42.5 Å². The first-order valence-electron chi connectivity index (χ1n) is 9.55. The molecule has 0 bridgehead atoms. The highest BCUT2D eigenvalue weighted by molar-refractivity contribution is 6.46. The van der Waals surface area contributed by atoms with Gasteiger partial charge >= 0.3 is 0 Å². The van der Waals surface area contributed by atoms with E-state index < -0.39 is 23.4 Å². The van der Waals surface area contributed by atoms with Crippen LogP contribution in [0.1, 0.15) is 11.1 Å². The predicted molar refractivity (Wildman–Crippen MR) is 110 cm³/mol. The van der Waals surface area contributed by atoms with Crippen molar-refractivity contribution in [3.63, 3.8) is 0 Å². The topological polar surface area (TPSA) is 40.6 Å². The molecule has 0 aliphatic carbocycles. The Bertz CT molecular complexity index is 1220. The molecule has 2 amide bonds. The minimum absolute atomic E-state index is 0.102. The van der Waals surface area contributed by atoms with Gasteiger partial charge in [-0.25, -0.2) is 13.7 Å². The lowest BCUT2D eigenvalue weighted by atomic mass is 10.0. The summed E-state index contributed by atoms with van der Waals surface area (Å²) in [4.78, 5) is 29.5. The summed E-state index contributed by atoms with van der Waals surface area (Å²) in [6, 6.07) is 18.7. The zero-order chi connectivity index (χ0) is 20.8. The van der Waals surface area contributed by atoms with Crippen LogP contribution in [0, 0.1) is 11.6 Å². The summed E-state index contributed by atoms with van der Waals surface area (Å²) in [6.45, 7) is 0.517. The van der Waals surface area contributed by atoms with Crippen molar-refractivity contribution < 1.29 is 18.4 Å². The monoisotopic (exact) mass is 402 g/mol. The number of para-hydroxylation sites is 2. The quantitative estimate of drug-likeness (QED) is 0.613. The number of halogens is 2. The van der Waals surface area contributed by atoms with Gasteiger partial charge in [-0.2, -0.15) is 0 Å². The Morgan fingerprint density at radius 2 is 1.40 bits per heavy atom. The number of imide groups is 1. The second-order valence-electron chi connectivity index (χ2n) is 7.16. The fourth-order valence-electron chi connectivity index (χ4n) is 4.07. The Morgan fingerprint density at radius 1 is 0.733 bits per heavy atom. The molecule has 4 nitrogen and oxygen atoms in total. The lowest BCUT2D eigenvalue weighted by Gasteiger charge is -2.22. The average Bonchev–Trinajstić information content (AvgIpc) is 3.28. The normalized spacial score (nSPS) is 15.9. The van der Waals surface area contributed by atoms with Gasteiger partial charge in [-0.05, 0) is 47.9 Å². The number of carbonyl (C=O) groups is 2. The average molecular weight is 402 g/mol. The van der Waals surface area contributed by atoms with Crippen LogP contribution in [0.3, 0.4) is 0 Å². The molecule has 5 rings (SSSR count). The van der Waals surface area contributed by atoms with E-state index in [9.17, 15) is 18.4 Å². The molecule has 3 aromatic carbocycles. The summed E-state index contributed by atoms with van der Waals surface area (Å²) in [5, 5.41) is 0. The van der Waals surface area contributed by atoms with Crippen LogP contribution in [-0.4, -0.2) is 18.4 Å². The van der Waals surface area contributed by atoms with Gasteiger partial charge in [0.25, 0.3) is 11.8 Å². The molecule has 2 heterocycles. The molecule has 30 heavy (non-hydrogen) atoms. The zero-order valence-corrected chi connectivity index (χ0v) is 15.8. The van der Waals surface area contributed by atoms with E-state index in [1.165, 1.54) is 42.5 Å². The molecule has 2 aliphatic rings. The molecule has 0 N–H and O–H groups in total. The van der Waals surface area contributed by atoms with Crippen molar-refractivity contribution in [1.82, 2.24) is 0 Å². The van der Waals surface area contributed by atoms with Crippen LogP contribution in [-0.2, 0) is 16.0 Å². The summed E-state index contributed by atoms with van der Waals surface area (Å²) in [7, 11) is 0. The van der Waals surface area contributed by atoms with E-state index in [0.717, 1.165) is 22.6 Å². The molecule has 2 aliphatic heterocycles. The number of carbonyl (C=O) groups excluding carboxylic acids is 2. The van der Waals surface area contributed by atoms with Crippen LogP contribution < -0.4 is 9.80 Å². The van der Waals surface area contributed by atoms with Gasteiger partial charge in [0.1, 0.15) is 17.3 Å². The lowest BCUT2D eigenvalue weighted by molar-refractivity contribution is -0.120. The molecular formula is C24H16F2N2O2. The molecule has 6 heteroatoms. The van der Waals surface area contributed by atoms with E-state index in [4.69, 9.17) is 0 Å². The SMILES string of the molecule is O=C1C(c2ccc(F)cc2)=C(N2CCc3ccccc32)C(=O)N1c1ccccc1F. The number of fused-ring (bicyclic) bond motifs is 1. The van der Waals surface area contributed by atoms with Crippen molar-refractivity contribution in [1.29, 1.82) is 0 Å². The second-order valence-corrected chi connectivity index (χ2v) is 7.16. The Morgan fingerprint density at radius 3 is 2.13 bits per heavy atom. The van der Waals surface area contributed by atoms with Crippen molar-refractivity contribution in [3.05, 3.63) is 101 Å². The van der Waals surface area contributed by atoms with E-state index in [1.54, 1.807) is 11.0 Å². The minimum Gasteiger partial charge on any atom is -0.336 e. The maximum atomic E-state index is 14.5. The number of hydrogen-bond donors (Lipinski definition) is 0. The molecule has 0 unspecified atom stereocenters. The van der Waals surface area contributed by atoms with E-state index >= 15 is 0 Å². The molecule has 0 spiro atoms. The fraction of sp³-hybridized carbons (Fsp3) is 0.0833. The third-order valence-electron chi connectivity index (χ3n) is 5.44. The first kappa shape index (κ1) is 18.2. The van der Waals surface area contributed by atoms with E-state index in [1.807, 2.05) is 24.3 Å². The summed E-state index contributed by atoms with van der Waals surface area (Å²) in [5.41, 5.74) is 2.53. The van der Waals surface area contributed by atoms with Gasteiger partial charge in [0.05, 0.1) is 11.3 Å². The zero-order valence-electron chi connectivity index (χ0n) is 15.8. The van der Waals surface area contributed by atoms with Gasteiger partial charge in [-0.15, -0.1) is 0 Å². The van der Waals surface area contributed by atoms with Crippen molar-refractivity contribution in [2.45, 2.75) is 6.42 Å². The first-order chi connectivity index (χ1) is 14.6. The highest BCUT2D eigenvalue weighted by Gasteiger charge is 2.44. The third-order valence-corrected chi connectivity index (χ3v) is 5.44. The first-order valence-corrected chi connectivity index (χ1v) is 9.55. The molecule has 0 fully saturated rings. The Balaban J connectivity index is 1.70. The van der Waals surface area contributed by atoms with Gasteiger partial charge < -0.3 is 4.90 Å². The summed E-state index contributed by atoms with van der Waals surface area (Å²) in [6.07, 6.45) is 0.720. The maximum Gasteiger partial charge on any atom is 0.282 e. The molecule has 0 radical (unpaired) electrons. The Hall–Kier alpha value is -3.80. The predicted octanol–water partition coefficient (Wildman–Crippen LogP) is 4.31. The molecular weight excluding hydrogens is 386 g/mol. The summed E-state index contributed by atoms with van der Waals surface area (Å²) in [5.74, 6) is -2.34. The van der Waals surface area contributed by atoms with Crippen LogP contribution >= 0.6 is 0 Å². The molecule has 0 saturated carbocycles. The third kappa shape index (κ3) is 2.72. The van der Waals surface area contributed by atoms with E-state index in [2.05, 4.69) is 0 Å². The molecule has 0 aromatic heterocycles. The number of nitrogens with zero attached hydrogens (tertiary/aromatic N) is 2. The van der Waals surface area contributed by atoms with Crippen LogP contribution in [0.15, 0.2) is 78.5 Å². The van der Waals surface area contributed by atoms with Crippen LogP contribution in [0.2, 0.25) is 0 Å². The second kappa shape index (κ2) is 6.91. The lowest BCUT2D eigenvalue weighted by Crippen LogP contribution is -2.35. The molecule has 0 atom stereocenters. The number of amides is 2. The Labute approximate surface area is 171 Å². The van der Waals surface area contributed by atoms with Gasteiger partial charge in [0, 0.05) is 12.2 Å². The fourth-order valence-corrected chi connectivity index (χ4v) is 4.07. The largest absolute Gasteiger partial charge is 0.336 e. The number of rotatable bonds is 3. The molecule has 148 valence electrons. The van der Waals surface area contributed by atoms with Crippen molar-refractivity contribution in [3.8, 4) is 0 Å².